The Morgan fingerprint density at radius 3 is 2.58 bits per heavy atom. The van der Waals surface area contributed by atoms with Gasteiger partial charge in [-0.3, -0.25) is 20.1 Å². The van der Waals surface area contributed by atoms with Gasteiger partial charge in [-0.15, -0.1) is 0 Å². The molecule has 1 saturated heterocycles. The SMILES string of the molecule is CC/C(C)=C/NC(=NC1CCN(C(=O)/C=C/CN(C)C2CC2)C1)/C(C(=N)c1ccc(Oc2cccc(F)c2)cc1)=C(\C)N. The molecule has 1 aliphatic heterocycles. The summed E-state index contributed by atoms with van der Waals surface area (Å²) >= 11 is 0. The van der Waals surface area contributed by atoms with Crippen LogP contribution in [-0.4, -0.2) is 66.0 Å². The van der Waals surface area contributed by atoms with Crippen molar-refractivity contribution in [1.29, 1.82) is 5.41 Å². The van der Waals surface area contributed by atoms with E-state index in [9.17, 15) is 9.18 Å². The Morgan fingerprint density at radius 1 is 1.19 bits per heavy atom. The normalized spacial score (nSPS) is 18.3. The highest BCUT2D eigenvalue weighted by atomic mass is 19.1. The number of likely N-dealkylation sites (tertiary alicyclic amines) is 1. The molecule has 1 unspecified atom stereocenters. The molecule has 1 amide bonds. The van der Waals surface area contributed by atoms with Gasteiger partial charge in [-0.05, 0) is 83.0 Å². The molecule has 2 fully saturated rings. The summed E-state index contributed by atoms with van der Waals surface area (Å²) in [6.07, 6.45) is 9.56. The second-order valence-corrected chi connectivity index (χ2v) is 11.3. The zero-order valence-electron chi connectivity index (χ0n) is 25.6. The quantitative estimate of drug-likeness (QED) is 0.166. The van der Waals surface area contributed by atoms with Gasteiger partial charge in [0.05, 0.1) is 17.3 Å². The van der Waals surface area contributed by atoms with Crippen LogP contribution in [0, 0.1) is 11.2 Å². The molecule has 9 heteroatoms. The summed E-state index contributed by atoms with van der Waals surface area (Å²) in [7, 11) is 2.09. The van der Waals surface area contributed by atoms with Crippen molar-refractivity contribution in [2.24, 2.45) is 10.7 Å². The highest BCUT2D eigenvalue weighted by molar-refractivity contribution is 6.29. The fourth-order valence-electron chi connectivity index (χ4n) is 4.79. The van der Waals surface area contributed by atoms with Crippen molar-refractivity contribution >= 4 is 17.5 Å². The minimum Gasteiger partial charge on any atom is -0.457 e. The van der Waals surface area contributed by atoms with Crippen molar-refractivity contribution < 1.29 is 13.9 Å². The standard InChI is InChI=1S/C34H43FN6O2/c1-5-23(2)21-38-34(39-27-17-19-41(22-27)31(42)10-7-18-40(4)28-13-14-28)32(24(3)36)33(37)25-11-15-29(16-12-25)43-30-9-6-8-26(35)20-30/h6-12,15-16,20-21,27-28,37H,5,13-14,17-19,22,36H2,1-4H3,(H,38,39)/b10-7+,23-21+,32-24+,37-33?. The molecule has 1 aliphatic carbocycles. The molecule has 0 spiro atoms. The van der Waals surface area contributed by atoms with E-state index in [0.29, 0.717) is 53.3 Å². The molecule has 43 heavy (non-hydrogen) atoms. The lowest BCUT2D eigenvalue weighted by molar-refractivity contribution is -0.125. The van der Waals surface area contributed by atoms with Crippen molar-refractivity contribution in [2.45, 2.75) is 58.5 Å². The van der Waals surface area contributed by atoms with Crippen LogP contribution in [0.25, 0.3) is 0 Å². The predicted molar refractivity (Wildman–Crippen MR) is 171 cm³/mol. The number of allylic oxidation sites excluding steroid dienone is 2. The minimum atomic E-state index is -0.376. The molecule has 1 saturated carbocycles. The summed E-state index contributed by atoms with van der Waals surface area (Å²) in [6, 6.07) is 13.5. The third-order valence-electron chi connectivity index (χ3n) is 7.68. The van der Waals surface area contributed by atoms with Crippen molar-refractivity contribution in [1.82, 2.24) is 15.1 Å². The van der Waals surface area contributed by atoms with Gasteiger partial charge in [0.15, 0.2) is 0 Å². The van der Waals surface area contributed by atoms with Gasteiger partial charge in [-0.25, -0.2) is 4.39 Å². The molecule has 0 radical (unpaired) electrons. The largest absolute Gasteiger partial charge is 0.457 e. The van der Waals surface area contributed by atoms with E-state index in [-0.39, 0.29) is 23.5 Å². The first-order chi connectivity index (χ1) is 20.6. The van der Waals surface area contributed by atoms with Crippen LogP contribution in [0.3, 0.4) is 0 Å². The Bertz CT molecular complexity index is 1420. The van der Waals surface area contributed by atoms with E-state index in [1.54, 1.807) is 49.4 Å². The molecule has 1 atom stereocenters. The maximum Gasteiger partial charge on any atom is 0.246 e. The van der Waals surface area contributed by atoms with Crippen molar-refractivity contribution in [3.63, 3.8) is 0 Å². The fraction of sp³-hybridized carbons (Fsp3) is 0.382. The van der Waals surface area contributed by atoms with Gasteiger partial charge < -0.3 is 20.7 Å². The second-order valence-electron chi connectivity index (χ2n) is 11.3. The summed E-state index contributed by atoms with van der Waals surface area (Å²) in [5.41, 5.74) is 9.28. The number of nitrogens with two attached hydrogens (primary N) is 1. The number of likely N-dealkylation sites (N-methyl/N-ethyl adjacent to an activating group) is 1. The van der Waals surface area contributed by atoms with Gasteiger partial charge in [0.1, 0.15) is 23.2 Å². The number of rotatable bonds is 12. The number of ether oxygens (including phenoxy) is 1. The lowest BCUT2D eigenvalue weighted by Crippen LogP contribution is -2.31. The zero-order chi connectivity index (χ0) is 30.9. The monoisotopic (exact) mass is 586 g/mol. The average molecular weight is 587 g/mol. The summed E-state index contributed by atoms with van der Waals surface area (Å²) < 4.78 is 19.3. The second kappa shape index (κ2) is 14.8. The molecule has 4 N–H and O–H groups in total. The summed E-state index contributed by atoms with van der Waals surface area (Å²) in [4.78, 5) is 21.9. The van der Waals surface area contributed by atoms with E-state index in [1.165, 1.54) is 25.0 Å². The lowest BCUT2D eigenvalue weighted by Gasteiger charge is -2.18. The third kappa shape index (κ3) is 9.12. The molecule has 228 valence electrons. The van der Waals surface area contributed by atoms with Gasteiger partial charge in [0.2, 0.25) is 5.91 Å². The number of hydrogen-bond donors (Lipinski definition) is 3. The Labute approximate surface area is 254 Å². The van der Waals surface area contributed by atoms with Crippen molar-refractivity contribution in [3.8, 4) is 11.5 Å². The molecule has 4 rings (SSSR count). The Morgan fingerprint density at radius 2 is 1.93 bits per heavy atom. The van der Waals surface area contributed by atoms with E-state index in [0.717, 1.165) is 25.0 Å². The first-order valence-electron chi connectivity index (χ1n) is 14.9. The lowest BCUT2D eigenvalue weighted by atomic mass is 9.99. The Hall–Kier alpha value is -4.24. The Balaban J connectivity index is 1.49. The van der Waals surface area contributed by atoms with Crippen LogP contribution in [0.15, 0.2) is 88.7 Å². The molecule has 2 aliphatic rings. The third-order valence-corrected chi connectivity index (χ3v) is 7.68. The number of carbonyl (C=O) groups is 1. The average Bonchev–Trinajstić information content (AvgIpc) is 3.74. The topological polar surface area (TPSA) is 107 Å². The number of nitrogens with zero attached hydrogens (tertiary/aromatic N) is 3. The van der Waals surface area contributed by atoms with Crippen LogP contribution >= 0.6 is 0 Å². The molecular weight excluding hydrogens is 543 g/mol. The number of amides is 1. The maximum absolute atomic E-state index is 13.6. The van der Waals surface area contributed by atoms with Crippen molar-refractivity contribution in [2.75, 3.05) is 26.7 Å². The summed E-state index contributed by atoms with van der Waals surface area (Å²) in [5, 5.41) is 12.4. The van der Waals surface area contributed by atoms with E-state index >= 15 is 0 Å². The van der Waals surface area contributed by atoms with E-state index in [1.807, 2.05) is 24.1 Å². The Kier molecular flexibility index (Phi) is 10.9. The highest BCUT2D eigenvalue weighted by Crippen LogP contribution is 2.25. The summed E-state index contributed by atoms with van der Waals surface area (Å²) in [6.45, 7) is 7.74. The number of benzene rings is 2. The van der Waals surface area contributed by atoms with Gasteiger partial charge >= 0.3 is 0 Å². The van der Waals surface area contributed by atoms with Crippen molar-refractivity contribution in [3.05, 3.63) is 95.1 Å². The first-order valence-corrected chi connectivity index (χ1v) is 14.9. The smallest absolute Gasteiger partial charge is 0.246 e. The molecule has 0 aromatic heterocycles. The number of halogens is 1. The molecule has 1 heterocycles. The molecule has 2 aromatic carbocycles. The molecular formula is C34H43FN6O2. The van der Waals surface area contributed by atoms with Gasteiger partial charge in [0.25, 0.3) is 0 Å². The van der Waals surface area contributed by atoms with Gasteiger partial charge in [-0.2, -0.15) is 0 Å². The van der Waals surface area contributed by atoms with Crippen LogP contribution in [0.1, 0.15) is 52.0 Å². The first kappa shape index (κ1) is 31.7. The number of carbonyl (C=O) groups excluding carboxylic acids is 1. The molecule has 2 aromatic rings. The maximum atomic E-state index is 13.6. The minimum absolute atomic E-state index is 0.00260. The fourth-order valence-corrected chi connectivity index (χ4v) is 4.79. The highest BCUT2D eigenvalue weighted by Gasteiger charge is 2.27. The van der Waals surface area contributed by atoms with Gasteiger partial charge in [-0.1, -0.05) is 24.6 Å². The number of amidine groups is 1. The van der Waals surface area contributed by atoms with Gasteiger partial charge in [0, 0.05) is 55.3 Å². The van der Waals surface area contributed by atoms with Crippen LogP contribution in [0.5, 0.6) is 11.5 Å². The van der Waals surface area contributed by atoms with E-state index in [4.69, 9.17) is 20.9 Å². The number of nitrogens with one attached hydrogen (secondary N) is 2. The molecule has 8 nitrogen and oxygen atoms in total. The zero-order valence-corrected chi connectivity index (χ0v) is 25.6. The number of hydrogen-bond acceptors (Lipinski definition) is 6. The van der Waals surface area contributed by atoms with E-state index in [2.05, 4.69) is 24.2 Å². The van der Waals surface area contributed by atoms with Crippen LogP contribution in [-0.2, 0) is 4.79 Å². The van der Waals surface area contributed by atoms with Crippen LogP contribution < -0.4 is 15.8 Å². The van der Waals surface area contributed by atoms with Crippen LogP contribution in [0.4, 0.5) is 4.39 Å². The predicted octanol–water partition coefficient (Wildman–Crippen LogP) is 5.77. The summed E-state index contributed by atoms with van der Waals surface area (Å²) in [5.74, 6) is 1.03. The number of aliphatic imine (C=N–C) groups is 1. The van der Waals surface area contributed by atoms with E-state index < -0.39 is 0 Å². The molecule has 0 bridgehead atoms. The van der Waals surface area contributed by atoms with Crippen LogP contribution in [0.2, 0.25) is 0 Å².